The minimum atomic E-state index is -0.275. The molecule has 0 aromatic carbocycles. The molecule has 7 nitrogen and oxygen atoms in total. The molecule has 0 saturated carbocycles. The molecule has 0 atom stereocenters. The van der Waals surface area contributed by atoms with Crippen molar-refractivity contribution in [3.8, 4) is 0 Å². The second kappa shape index (κ2) is 15.3. The molecule has 0 unspecified atom stereocenters. The highest BCUT2D eigenvalue weighted by Crippen LogP contribution is 2.04. The van der Waals surface area contributed by atoms with Crippen molar-refractivity contribution < 1.29 is 28.6 Å². The van der Waals surface area contributed by atoms with Crippen LogP contribution in [0.5, 0.6) is 0 Å². The van der Waals surface area contributed by atoms with Gasteiger partial charge in [-0.05, 0) is 17.8 Å². The maximum atomic E-state index is 11.9. The summed E-state index contributed by atoms with van der Waals surface area (Å²) in [6, 6.07) is 0. The number of esters is 3. The lowest BCUT2D eigenvalue weighted by atomic mass is 10.2. The molecule has 0 spiro atoms. The monoisotopic (exact) mass is 401 g/mol. The summed E-state index contributed by atoms with van der Waals surface area (Å²) in [6.45, 7) is 14.3. The molecule has 0 amide bonds. The fourth-order valence-corrected chi connectivity index (χ4v) is 2.08. The molecule has 0 N–H and O–H groups in total. The zero-order valence-electron chi connectivity index (χ0n) is 18.5. The van der Waals surface area contributed by atoms with Crippen LogP contribution in [0.4, 0.5) is 0 Å². The van der Waals surface area contributed by atoms with E-state index in [9.17, 15) is 14.4 Å². The number of carbonyl (C=O) groups is 3. The summed E-state index contributed by atoms with van der Waals surface area (Å²) in [4.78, 5) is 37.5. The van der Waals surface area contributed by atoms with Crippen molar-refractivity contribution >= 4 is 17.9 Å². The number of nitrogens with zero attached hydrogens (tertiary/aromatic N) is 1. The Kier molecular flexibility index (Phi) is 14.4. The fourth-order valence-electron chi connectivity index (χ4n) is 2.08. The Hall–Kier alpha value is -1.63. The van der Waals surface area contributed by atoms with Crippen LogP contribution < -0.4 is 0 Å². The zero-order chi connectivity index (χ0) is 21.5. The molecule has 0 radical (unpaired) electrons. The van der Waals surface area contributed by atoms with Gasteiger partial charge in [-0.15, -0.1) is 0 Å². The standard InChI is InChI=1S/C21H39NO6/c1-16(2)13-26-19(23)7-10-22(11-8-20(24)27-14-17(3)4)12-9-21(25)28-15-18(5)6/h16-18H,7-15H2,1-6H3. The molecule has 7 heteroatoms. The highest BCUT2D eigenvalue weighted by atomic mass is 16.5. The van der Waals surface area contributed by atoms with Crippen molar-refractivity contribution in [3.05, 3.63) is 0 Å². The third-order valence-electron chi connectivity index (χ3n) is 3.63. The summed E-state index contributed by atoms with van der Waals surface area (Å²) in [6.07, 6.45) is 0.651. The van der Waals surface area contributed by atoms with Crippen molar-refractivity contribution in [2.24, 2.45) is 17.8 Å². The van der Waals surface area contributed by atoms with Gasteiger partial charge in [0.1, 0.15) is 0 Å². The molecule has 0 aliphatic carbocycles. The van der Waals surface area contributed by atoms with Gasteiger partial charge in [-0.2, -0.15) is 0 Å². The molecule has 28 heavy (non-hydrogen) atoms. The number of ether oxygens (including phenoxy) is 3. The summed E-state index contributed by atoms with van der Waals surface area (Å²) in [5.41, 5.74) is 0. The van der Waals surface area contributed by atoms with E-state index in [4.69, 9.17) is 14.2 Å². The second-order valence-corrected chi connectivity index (χ2v) is 8.32. The third-order valence-corrected chi connectivity index (χ3v) is 3.63. The minimum absolute atomic E-state index is 0.217. The SMILES string of the molecule is CC(C)COC(=O)CCN(CCC(=O)OCC(C)C)CCC(=O)OCC(C)C. The number of hydrogen-bond donors (Lipinski definition) is 0. The fraction of sp³-hybridized carbons (Fsp3) is 0.857. The van der Waals surface area contributed by atoms with Gasteiger partial charge in [0.05, 0.1) is 39.1 Å². The first kappa shape index (κ1) is 26.4. The van der Waals surface area contributed by atoms with Gasteiger partial charge in [0.25, 0.3) is 0 Å². The van der Waals surface area contributed by atoms with Crippen molar-refractivity contribution in [2.75, 3.05) is 39.5 Å². The molecule has 0 heterocycles. The van der Waals surface area contributed by atoms with Crippen LogP contribution >= 0.6 is 0 Å². The molecule has 0 rings (SSSR count). The largest absolute Gasteiger partial charge is 0.465 e. The summed E-state index contributed by atoms with van der Waals surface area (Å²) < 4.78 is 15.6. The molecule has 0 aromatic heterocycles. The van der Waals surface area contributed by atoms with E-state index in [1.807, 2.05) is 46.4 Å². The van der Waals surface area contributed by atoms with Gasteiger partial charge in [0.15, 0.2) is 0 Å². The Balaban J connectivity index is 4.45. The van der Waals surface area contributed by atoms with Gasteiger partial charge in [-0.3, -0.25) is 14.4 Å². The summed E-state index contributed by atoms with van der Waals surface area (Å²) >= 11 is 0. The smallest absolute Gasteiger partial charge is 0.307 e. The van der Waals surface area contributed by atoms with Gasteiger partial charge in [-0.1, -0.05) is 41.5 Å². The van der Waals surface area contributed by atoms with Crippen LogP contribution in [0.2, 0.25) is 0 Å². The molecule has 0 fully saturated rings. The quantitative estimate of drug-likeness (QED) is 0.308. The lowest BCUT2D eigenvalue weighted by Crippen LogP contribution is -2.32. The predicted octanol–water partition coefficient (Wildman–Crippen LogP) is 3.06. The molecule has 0 bridgehead atoms. The second-order valence-electron chi connectivity index (χ2n) is 8.32. The summed E-state index contributed by atoms with van der Waals surface area (Å²) in [5.74, 6) is 0.0277. The van der Waals surface area contributed by atoms with Crippen LogP contribution in [0.25, 0.3) is 0 Å². The summed E-state index contributed by atoms with van der Waals surface area (Å²) in [7, 11) is 0. The van der Waals surface area contributed by atoms with Crippen molar-refractivity contribution in [1.82, 2.24) is 4.90 Å². The Labute approximate surface area is 170 Å². The highest BCUT2D eigenvalue weighted by molar-refractivity contribution is 5.71. The minimum Gasteiger partial charge on any atom is -0.465 e. The molecular formula is C21H39NO6. The van der Waals surface area contributed by atoms with Crippen LogP contribution in [0.1, 0.15) is 60.8 Å². The Morgan fingerprint density at radius 3 is 1.04 bits per heavy atom. The van der Waals surface area contributed by atoms with Crippen LogP contribution in [0, 0.1) is 17.8 Å². The van der Waals surface area contributed by atoms with E-state index in [1.165, 1.54) is 0 Å². The lowest BCUT2D eigenvalue weighted by molar-refractivity contribution is -0.145. The van der Waals surface area contributed by atoms with Crippen LogP contribution in [-0.4, -0.2) is 62.3 Å². The first-order valence-corrected chi connectivity index (χ1v) is 10.3. The van der Waals surface area contributed by atoms with E-state index in [0.717, 1.165) is 0 Å². The zero-order valence-corrected chi connectivity index (χ0v) is 18.5. The first-order valence-electron chi connectivity index (χ1n) is 10.3. The van der Waals surface area contributed by atoms with E-state index in [1.54, 1.807) is 0 Å². The molecule has 164 valence electrons. The maximum Gasteiger partial charge on any atom is 0.307 e. The normalized spacial score (nSPS) is 11.4. The van der Waals surface area contributed by atoms with E-state index >= 15 is 0 Å². The van der Waals surface area contributed by atoms with Crippen LogP contribution in [-0.2, 0) is 28.6 Å². The van der Waals surface area contributed by atoms with E-state index in [0.29, 0.717) is 39.5 Å². The number of carbonyl (C=O) groups excluding carboxylic acids is 3. The topological polar surface area (TPSA) is 82.1 Å². The Morgan fingerprint density at radius 2 is 0.821 bits per heavy atom. The van der Waals surface area contributed by atoms with Crippen molar-refractivity contribution in [1.29, 1.82) is 0 Å². The molecular weight excluding hydrogens is 362 g/mol. The third kappa shape index (κ3) is 16.5. The number of rotatable bonds is 15. The van der Waals surface area contributed by atoms with Crippen LogP contribution in [0.3, 0.4) is 0 Å². The van der Waals surface area contributed by atoms with Gasteiger partial charge < -0.3 is 19.1 Å². The molecule has 0 saturated heterocycles. The average Bonchev–Trinajstić information content (AvgIpc) is 2.62. The number of hydrogen-bond acceptors (Lipinski definition) is 7. The summed E-state index contributed by atoms with van der Waals surface area (Å²) in [5, 5.41) is 0. The van der Waals surface area contributed by atoms with Gasteiger partial charge in [0, 0.05) is 19.6 Å². The van der Waals surface area contributed by atoms with Gasteiger partial charge in [0.2, 0.25) is 0 Å². The average molecular weight is 402 g/mol. The van der Waals surface area contributed by atoms with Crippen LogP contribution in [0.15, 0.2) is 0 Å². The Bertz CT molecular complexity index is 395. The molecule has 0 aromatic rings. The van der Waals surface area contributed by atoms with E-state index in [2.05, 4.69) is 0 Å². The molecule has 0 aliphatic heterocycles. The van der Waals surface area contributed by atoms with E-state index < -0.39 is 0 Å². The lowest BCUT2D eigenvalue weighted by Gasteiger charge is -2.21. The van der Waals surface area contributed by atoms with Crippen molar-refractivity contribution in [3.63, 3.8) is 0 Å². The van der Waals surface area contributed by atoms with Gasteiger partial charge >= 0.3 is 17.9 Å². The highest BCUT2D eigenvalue weighted by Gasteiger charge is 2.15. The predicted molar refractivity (Wildman–Crippen MR) is 108 cm³/mol. The van der Waals surface area contributed by atoms with Gasteiger partial charge in [-0.25, -0.2) is 0 Å². The van der Waals surface area contributed by atoms with Crippen molar-refractivity contribution in [2.45, 2.75) is 60.8 Å². The Morgan fingerprint density at radius 1 is 0.571 bits per heavy atom. The maximum absolute atomic E-state index is 11.9. The van der Waals surface area contributed by atoms with E-state index in [-0.39, 0.29) is 54.9 Å². The molecule has 0 aliphatic rings. The first-order chi connectivity index (χ1) is 13.1.